The molecule has 0 bridgehead atoms. The smallest absolute Gasteiger partial charge is 0.262 e. The van der Waals surface area contributed by atoms with Gasteiger partial charge >= 0.3 is 0 Å². The van der Waals surface area contributed by atoms with Crippen molar-refractivity contribution >= 4 is 17.7 Å². The van der Waals surface area contributed by atoms with Gasteiger partial charge in [-0.3, -0.25) is 19.3 Å². The van der Waals surface area contributed by atoms with Gasteiger partial charge in [-0.1, -0.05) is 17.3 Å². The number of carbonyl (C=O) groups is 3. The molecule has 10 nitrogen and oxygen atoms in total. The third kappa shape index (κ3) is 2.85. The van der Waals surface area contributed by atoms with Gasteiger partial charge in [0.1, 0.15) is 6.54 Å². The first-order chi connectivity index (χ1) is 14.1. The number of imide groups is 1. The third-order valence-electron chi connectivity index (χ3n) is 4.96. The zero-order valence-corrected chi connectivity index (χ0v) is 15.1. The second-order valence-electron chi connectivity index (χ2n) is 6.77. The number of hydrogen-bond donors (Lipinski definition) is 0. The normalized spacial score (nSPS) is 16.1. The van der Waals surface area contributed by atoms with E-state index in [2.05, 4.69) is 20.1 Å². The summed E-state index contributed by atoms with van der Waals surface area (Å²) in [5, 5.41) is 3.87. The molecule has 1 aromatic carbocycles. The number of amides is 3. The molecule has 0 spiro atoms. The lowest BCUT2D eigenvalue weighted by molar-refractivity contribution is -0.136. The molecule has 3 aromatic rings. The van der Waals surface area contributed by atoms with Gasteiger partial charge in [0.05, 0.1) is 17.0 Å². The number of hydrogen-bond acceptors (Lipinski definition) is 8. The molecule has 2 aliphatic rings. The molecule has 0 radical (unpaired) electrons. The first-order valence-electron chi connectivity index (χ1n) is 8.96. The van der Waals surface area contributed by atoms with Gasteiger partial charge in [0, 0.05) is 25.5 Å². The van der Waals surface area contributed by atoms with Crippen molar-refractivity contribution in [2.75, 3.05) is 19.6 Å². The Hall–Kier alpha value is -3.95. The average Bonchev–Trinajstić information content (AvgIpc) is 3.28. The van der Waals surface area contributed by atoms with Gasteiger partial charge in [-0.05, 0) is 18.2 Å². The summed E-state index contributed by atoms with van der Waals surface area (Å²) in [6.07, 6.45) is 3.17. The Labute approximate surface area is 164 Å². The zero-order valence-electron chi connectivity index (χ0n) is 15.1. The molecule has 3 amide bonds. The van der Waals surface area contributed by atoms with E-state index in [0.717, 1.165) is 4.90 Å². The highest BCUT2D eigenvalue weighted by atomic mass is 16.5. The summed E-state index contributed by atoms with van der Waals surface area (Å²) in [7, 11) is 0. The molecule has 0 N–H and O–H groups in total. The summed E-state index contributed by atoms with van der Waals surface area (Å²) in [5.74, 6) is -0.247. The minimum atomic E-state index is -0.444. The van der Waals surface area contributed by atoms with E-state index in [1.807, 2.05) is 0 Å². The van der Waals surface area contributed by atoms with Crippen molar-refractivity contribution < 1.29 is 18.9 Å². The fourth-order valence-electron chi connectivity index (χ4n) is 3.36. The van der Waals surface area contributed by atoms with Crippen molar-refractivity contribution in [2.24, 2.45) is 0 Å². The van der Waals surface area contributed by atoms with E-state index in [1.54, 1.807) is 47.6 Å². The maximum Gasteiger partial charge on any atom is 0.262 e. The highest BCUT2D eigenvalue weighted by Crippen LogP contribution is 2.28. The second-order valence-corrected chi connectivity index (χ2v) is 6.77. The van der Waals surface area contributed by atoms with Crippen LogP contribution in [0.1, 0.15) is 32.5 Å². The van der Waals surface area contributed by atoms with Crippen LogP contribution in [0.2, 0.25) is 0 Å². The Bertz CT molecular complexity index is 1090. The van der Waals surface area contributed by atoms with E-state index in [0.29, 0.717) is 35.9 Å². The average molecular weight is 390 g/mol. The van der Waals surface area contributed by atoms with Crippen LogP contribution in [-0.4, -0.2) is 67.3 Å². The molecule has 0 atom stereocenters. The van der Waals surface area contributed by atoms with Gasteiger partial charge in [0.25, 0.3) is 11.8 Å². The zero-order chi connectivity index (χ0) is 20.0. The van der Waals surface area contributed by atoms with Crippen LogP contribution in [-0.2, 0) is 4.79 Å². The van der Waals surface area contributed by atoms with Gasteiger partial charge < -0.3 is 9.42 Å². The second kappa shape index (κ2) is 6.59. The summed E-state index contributed by atoms with van der Waals surface area (Å²) < 4.78 is 5.26. The molecule has 4 heterocycles. The van der Waals surface area contributed by atoms with E-state index in [4.69, 9.17) is 4.52 Å². The molecule has 1 fully saturated rings. The number of likely N-dealkylation sites (tertiary alicyclic amines) is 1. The first kappa shape index (κ1) is 17.2. The first-order valence-corrected chi connectivity index (χ1v) is 8.96. The molecule has 0 aliphatic carbocycles. The number of nitrogens with zero attached hydrogens (tertiary/aromatic N) is 6. The standard InChI is InChI=1S/C19H14N6O4/c26-14(10-25-18(27)12-4-1-2-5-13(12)19(25)28)24-8-11(9-24)17-22-16(23-29-17)15-20-6-3-7-21-15/h1-7,11H,8-10H2. The highest BCUT2D eigenvalue weighted by Gasteiger charge is 2.40. The Morgan fingerprint density at radius 1 is 1.00 bits per heavy atom. The van der Waals surface area contributed by atoms with Crippen LogP contribution < -0.4 is 0 Å². The Kier molecular flexibility index (Phi) is 3.90. The quantitative estimate of drug-likeness (QED) is 0.598. The van der Waals surface area contributed by atoms with Gasteiger partial charge in [-0.2, -0.15) is 4.98 Å². The van der Waals surface area contributed by atoms with Crippen LogP contribution >= 0.6 is 0 Å². The molecule has 10 heteroatoms. The number of rotatable bonds is 4. The Morgan fingerprint density at radius 3 is 2.31 bits per heavy atom. The molecule has 0 saturated carbocycles. The lowest BCUT2D eigenvalue weighted by Gasteiger charge is -2.37. The van der Waals surface area contributed by atoms with E-state index >= 15 is 0 Å². The molecule has 0 unspecified atom stereocenters. The maximum atomic E-state index is 12.5. The van der Waals surface area contributed by atoms with Crippen LogP contribution in [0.4, 0.5) is 0 Å². The molecule has 144 valence electrons. The highest BCUT2D eigenvalue weighted by molar-refractivity contribution is 6.22. The minimum absolute atomic E-state index is 0.105. The lowest BCUT2D eigenvalue weighted by atomic mass is 10.00. The predicted octanol–water partition coefficient (Wildman–Crippen LogP) is 0.749. The van der Waals surface area contributed by atoms with E-state index in [1.165, 1.54) is 0 Å². The van der Waals surface area contributed by atoms with E-state index in [9.17, 15) is 14.4 Å². The Morgan fingerprint density at radius 2 is 1.66 bits per heavy atom. The lowest BCUT2D eigenvalue weighted by Crippen LogP contribution is -2.52. The number of benzene rings is 1. The van der Waals surface area contributed by atoms with E-state index < -0.39 is 11.8 Å². The number of carbonyl (C=O) groups excluding carboxylic acids is 3. The molecule has 2 aromatic heterocycles. The molecule has 29 heavy (non-hydrogen) atoms. The third-order valence-corrected chi connectivity index (χ3v) is 4.96. The minimum Gasteiger partial charge on any atom is -0.339 e. The fourth-order valence-corrected chi connectivity index (χ4v) is 3.36. The van der Waals surface area contributed by atoms with Crippen molar-refractivity contribution in [3.63, 3.8) is 0 Å². The molecule has 5 rings (SSSR count). The number of aromatic nitrogens is 4. The molecular formula is C19H14N6O4. The molecular weight excluding hydrogens is 376 g/mol. The van der Waals surface area contributed by atoms with Gasteiger partial charge in [0.15, 0.2) is 0 Å². The monoisotopic (exact) mass is 390 g/mol. The number of fused-ring (bicyclic) bond motifs is 1. The van der Waals surface area contributed by atoms with Crippen LogP contribution in [0.25, 0.3) is 11.6 Å². The van der Waals surface area contributed by atoms with Gasteiger partial charge in [-0.25, -0.2) is 9.97 Å². The summed E-state index contributed by atoms with van der Waals surface area (Å²) in [6.45, 7) is 0.463. The van der Waals surface area contributed by atoms with Crippen LogP contribution in [0.5, 0.6) is 0 Å². The maximum absolute atomic E-state index is 12.5. The molecule has 1 saturated heterocycles. The van der Waals surface area contributed by atoms with Crippen LogP contribution in [0.15, 0.2) is 47.2 Å². The SMILES string of the molecule is O=C(CN1C(=O)c2ccccc2C1=O)N1CC(c2nc(-c3ncccn3)no2)C1. The van der Waals surface area contributed by atoms with E-state index in [-0.39, 0.29) is 24.2 Å². The van der Waals surface area contributed by atoms with Gasteiger partial charge in [0.2, 0.25) is 23.4 Å². The predicted molar refractivity (Wildman–Crippen MR) is 96.5 cm³/mol. The largest absolute Gasteiger partial charge is 0.339 e. The van der Waals surface area contributed by atoms with Crippen LogP contribution in [0, 0.1) is 0 Å². The summed E-state index contributed by atoms with van der Waals surface area (Å²) in [5.41, 5.74) is 0.654. The summed E-state index contributed by atoms with van der Waals surface area (Å²) in [6, 6.07) is 8.24. The van der Waals surface area contributed by atoms with Crippen molar-refractivity contribution in [2.45, 2.75) is 5.92 Å². The van der Waals surface area contributed by atoms with Crippen molar-refractivity contribution in [3.05, 3.63) is 59.7 Å². The van der Waals surface area contributed by atoms with Crippen molar-refractivity contribution in [3.8, 4) is 11.6 Å². The van der Waals surface area contributed by atoms with Crippen LogP contribution in [0.3, 0.4) is 0 Å². The van der Waals surface area contributed by atoms with Crippen molar-refractivity contribution in [1.82, 2.24) is 29.9 Å². The fraction of sp³-hybridized carbons (Fsp3) is 0.211. The summed E-state index contributed by atoms with van der Waals surface area (Å²) >= 11 is 0. The topological polar surface area (TPSA) is 122 Å². The molecule has 2 aliphatic heterocycles. The van der Waals surface area contributed by atoms with Crippen molar-refractivity contribution in [1.29, 1.82) is 0 Å². The summed E-state index contributed by atoms with van der Waals surface area (Å²) in [4.78, 5) is 52.3. The van der Waals surface area contributed by atoms with Gasteiger partial charge in [-0.15, -0.1) is 0 Å². The Balaban J connectivity index is 1.21.